The number of likely N-dealkylation sites (tertiary alicyclic amines) is 2. The largest absolute Gasteiger partial charge is 0.391 e. The number of rotatable bonds is 1. The van der Waals surface area contributed by atoms with Gasteiger partial charge >= 0.3 is 12.4 Å². The summed E-state index contributed by atoms with van der Waals surface area (Å²) in [6, 6.07) is -0.0734. The summed E-state index contributed by atoms with van der Waals surface area (Å²) in [5, 5.41) is 0. The molecule has 2 aliphatic heterocycles. The van der Waals surface area contributed by atoms with E-state index in [0.29, 0.717) is 5.96 Å². The van der Waals surface area contributed by atoms with Gasteiger partial charge in [0, 0.05) is 32.2 Å². The number of alkyl halides is 6. The Labute approximate surface area is 144 Å². The minimum absolute atomic E-state index is 0.000366. The third-order valence-electron chi connectivity index (χ3n) is 4.86. The van der Waals surface area contributed by atoms with Crippen molar-refractivity contribution >= 4 is 5.96 Å². The fraction of sp³-hybridized carbons (Fsp3) is 0.938. The van der Waals surface area contributed by atoms with Crippen molar-refractivity contribution in [2.45, 2.75) is 57.9 Å². The Bertz CT molecular complexity index is 419. The van der Waals surface area contributed by atoms with E-state index < -0.39 is 24.2 Å². The van der Waals surface area contributed by atoms with E-state index in [-0.39, 0.29) is 57.9 Å². The predicted octanol–water partition coefficient (Wildman–Crippen LogP) is 4.30. The molecule has 2 rings (SSSR count). The minimum atomic E-state index is -4.19. The molecule has 3 nitrogen and oxygen atoms in total. The highest BCUT2D eigenvalue weighted by Gasteiger charge is 2.44. The van der Waals surface area contributed by atoms with Crippen molar-refractivity contribution in [1.29, 1.82) is 0 Å². The van der Waals surface area contributed by atoms with Crippen molar-refractivity contribution in [3.63, 3.8) is 0 Å². The Morgan fingerprint density at radius 1 is 0.760 bits per heavy atom. The molecule has 0 aliphatic carbocycles. The van der Waals surface area contributed by atoms with Gasteiger partial charge in [0.25, 0.3) is 0 Å². The highest BCUT2D eigenvalue weighted by molar-refractivity contribution is 5.80. The van der Waals surface area contributed by atoms with Crippen LogP contribution in [-0.4, -0.2) is 60.3 Å². The van der Waals surface area contributed by atoms with Crippen LogP contribution in [0.2, 0.25) is 0 Å². The first kappa shape index (κ1) is 20.2. The lowest BCUT2D eigenvalue weighted by Crippen LogP contribution is -2.52. The van der Waals surface area contributed by atoms with Crippen LogP contribution in [-0.2, 0) is 0 Å². The van der Waals surface area contributed by atoms with Crippen molar-refractivity contribution in [2.75, 3.05) is 26.2 Å². The molecule has 2 saturated heterocycles. The minimum Gasteiger partial charge on any atom is -0.343 e. The molecule has 9 heteroatoms. The number of aliphatic imine (C=N–C) groups is 1. The van der Waals surface area contributed by atoms with Crippen LogP contribution in [0.3, 0.4) is 0 Å². The molecule has 0 amide bonds. The van der Waals surface area contributed by atoms with Crippen LogP contribution >= 0.6 is 0 Å². The van der Waals surface area contributed by atoms with E-state index in [1.807, 2.05) is 13.8 Å². The average molecular weight is 373 g/mol. The van der Waals surface area contributed by atoms with E-state index >= 15 is 0 Å². The monoisotopic (exact) mass is 373 g/mol. The molecule has 25 heavy (non-hydrogen) atoms. The molecule has 2 heterocycles. The second-order valence-corrected chi connectivity index (χ2v) is 7.13. The molecule has 0 unspecified atom stereocenters. The zero-order valence-electron chi connectivity index (χ0n) is 14.5. The SMILES string of the molecule is CC(C)N=C(N1CCC(C(F)(F)F)CC1)N1CCC(C(F)(F)F)CC1. The summed E-state index contributed by atoms with van der Waals surface area (Å²) in [5.74, 6) is -2.06. The van der Waals surface area contributed by atoms with E-state index in [0.717, 1.165) is 0 Å². The predicted molar refractivity (Wildman–Crippen MR) is 83.3 cm³/mol. The zero-order chi connectivity index (χ0) is 18.8. The topological polar surface area (TPSA) is 18.8 Å². The average Bonchev–Trinajstić information content (AvgIpc) is 2.51. The highest BCUT2D eigenvalue weighted by atomic mass is 19.4. The third-order valence-corrected chi connectivity index (χ3v) is 4.86. The molecule has 0 atom stereocenters. The second-order valence-electron chi connectivity index (χ2n) is 7.13. The smallest absolute Gasteiger partial charge is 0.343 e. The Balaban J connectivity index is 2.02. The number of halogens is 6. The standard InChI is InChI=1S/C16H25F6N3/c1-11(2)23-14(24-7-3-12(4-8-24)15(17,18)19)25-9-5-13(6-10-25)16(20,21)22/h11-13H,3-10H2,1-2H3. The number of hydrogen-bond donors (Lipinski definition) is 0. The summed E-state index contributed by atoms with van der Waals surface area (Å²) in [5.41, 5.74) is 0. The maximum atomic E-state index is 12.8. The van der Waals surface area contributed by atoms with Crippen LogP contribution in [0.5, 0.6) is 0 Å². The summed E-state index contributed by atoms with van der Waals surface area (Å²) in [6.45, 7) is 4.63. The fourth-order valence-corrected chi connectivity index (χ4v) is 3.41. The van der Waals surface area contributed by atoms with Gasteiger partial charge in [0.2, 0.25) is 0 Å². The molecule has 0 N–H and O–H groups in total. The Kier molecular flexibility index (Phi) is 6.14. The summed E-state index contributed by atoms with van der Waals surface area (Å²) >= 11 is 0. The van der Waals surface area contributed by atoms with Crippen molar-refractivity contribution < 1.29 is 26.3 Å². The van der Waals surface area contributed by atoms with Crippen molar-refractivity contribution in [1.82, 2.24) is 9.80 Å². The normalized spacial score (nSPS) is 21.8. The van der Waals surface area contributed by atoms with Gasteiger partial charge in [0.15, 0.2) is 5.96 Å². The molecule has 0 saturated carbocycles. The number of piperidine rings is 2. The molecular weight excluding hydrogens is 348 g/mol. The Morgan fingerprint density at radius 3 is 1.32 bits per heavy atom. The maximum absolute atomic E-state index is 12.8. The molecule has 0 aromatic heterocycles. The first-order valence-electron chi connectivity index (χ1n) is 8.69. The Morgan fingerprint density at radius 2 is 1.08 bits per heavy atom. The fourth-order valence-electron chi connectivity index (χ4n) is 3.41. The molecule has 0 aromatic carbocycles. The van der Waals surface area contributed by atoms with E-state index in [9.17, 15) is 26.3 Å². The Hall–Kier alpha value is -1.15. The lowest BCUT2D eigenvalue weighted by Gasteiger charge is -2.42. The van der Waals surface area contributed by atoms with Crippen molar-refractivity contribution in [3.05, 3.63) is 0 Å². The lowest BCUT2D eigenvalue weighted by atomic mass is 9.95. The van der Waals surface area contributed by atoms with Gasteiger partial charge in [-0.25, -0.2) is 0 Å². The molecule has 146 valence electrons. The molecular formula is C16H25F6N3. The van der Waals surface area contributed by atoms with Gasteiger partial charge < -0.3 is 9.80 Å². The van der Waals surface area contributed by atoms with Gasteiger partial charge in [-0.1, -0.05) is 0 Å². The van der Waals surface area contributed by atoms with Gasteiger partial charge in [-0.15, -0.1) is 0 Å². The number of hydrogen-bond acceptors (Lipinski definition) is 1. The van der Waals surface area contributed by atoms with Crippen LogP contribution < -0.4 is 0 Å². The summed E-state index contributed by atoms with van der Waals surface area (Å²) in [7, 11) is 0. The van der Waals surface area contributed by atoms with Gasteiger partial charge in [0.05, 0.1) is 11.8 Å². The van der Waals surface area contributed by atoms with Crippen molar-refractivity contribution in [2.24, 2.45) is 16.8 Å². The molecule has 2 fully saturated rings. The second kappa shape index (κ2) is 7.61. The summed E-state index contributed by atoms with van der Waals surface area (Å²) in [6.07, 6.45) is -8.38. The van der Waals surface area contributed by atoms with Crippen LogP contribution in [0, 0.1) is 11.8 Å². The van der Waals surface area contributed by atoms with Gasteiger partial charge in [-0.3, -0.25) is 4.99 Å². The molecule has 0 spiro atoms. The first-order chi connectivity index (χ1) is 11.5. The van der Waals surface area contributed by atoms with Crippen LogP contribution in [0.15, 0.2) is 4.99 Å². The van der Waals surface area contributed by atoms with E-state index in [1.54, 1.807) is 9.80 Å². The quantitative estimate of drug-likeness (QED) is 0.388. The molecule has 2 aliphatic rings. The van der Waals surface area contributed by atoms with E-state index in [2.05, 4.69) is 4.99 Å². The molecule has 0 aromatic rings. The first-order valence-corrected chi connectivity index (χ1v) is 8.69. The summed E-state index contributed by atoms with van der Waals surface area (Å²) < 4.78 is 76.9. The van der Waals surface area contributed by atoms with E-state index in [1.165, 1.54) is 0 Å². The van der Waals surface area contributed by atoms with Gasteiger partial charge in [-0.2, -0.15) is 26.3 Å². The highest BCUT2D eigenvalue weighted by Crippen LogP contribution is 2.36. The van der Waals surface area contributed by atoms with Crippen LogP contribution in [0.25, 0.3) is 0 Å². The van der Waals surface area contributed by atoms with Crippen LogP contribution in [0.4, 0.5) is 26.3 Å². The van der Waals surface area contributed by atoms with E-state index in [4.69, 9.17) is 0 Å². The third kappa shape index (κ3) is 5.41. The number of nitrogens with zero attached hydrogens (tertiary/aromatic N) is 3. The van der Waals surface area contributed by atoms with Crippen molar-refractivity contribution in [3.8, 4) is 0 Å². The van der Waals surface area contributed by atoms with Crippen LogP contribution in [0.1, 0.15) is 39.5 Å². The maximum Gasteiger partial charge on any atom is 0.391 e. The van der Waals surface area contributed by atoms with Gasteiger partial charge in [-0.05, 0) is 39.5 Å². The van der Waals surface area contributed by atoms with Gasteiger partial charge in [0.1, 0.15) is 0 Å². The zero-order valence-corrected chi connectivity index (χ0v) is 14.5. The molecule has 0 bridgehead atoms. The lowest BCUT2D eigenvalue weighted by molar-refractivity contribution is -0.184. The summed E-state index contributed by atoms with van der Waals surface area (Å²) in [4.78, 5) is 8.11. The molecule has 0 radical (unpaired) electrons. The number of guanidine groups is 1.